The van der Waals surface area contributed by atoms with Crippen molar-refractivity contribution in [1.29, 1.82) is 0 Å². The molecule has 20 heavy (non-hydrogen) atoms. The molecule has 0 fully saturated rings. The van der Waals surface area contributed by atoms with E-state index in [-0.39, 0.29) is 0 Å². The summed E-state index contributed by atoms with van der Waals surface area (Å²) in [7, 11) is 0. The van der Waals surface area contributed by atoms with Gasteiger partial charge in [0.25, 0.3) is 0 Å². The number of aliphatic hydroxyl groups excluding tert-OH is 1. The van der Waals surface area contributed by atoms with E-state index in [1.807, 2.05) is 6.07 Å². The highest BCUT2D eigenvalue weighted by molar-refractivity contribution is 5.89. The first-order valence-corrected chi connectivity index (χ1v) is 6.43. The zero-order chi connectivity index (χ0) is 14.7. The molecule has 0 bridgehead atoms. The van der Waals surface area contributed by atoms with Crippen LogP contribution in [-0.2, 0) is 9.59 Å². The molecule has 1 amide bonds. The lowest BCUT2D eigenvalue weighted by Gasteiger charge is -2.27. The van der Waals surface area contributed by atoms with Crippen molar-refractivity contribution in [3.05, 3.63) is 29.8 Å². The fourth-order valence-corrected chi connectivity index (χ4v) is 2.26. The zero-order valence-electron chi connectivity index (χ0n) is 11.1. The fourth-order valence-electron chi connectivity index (χ4n) is 2.26. The summed E-state index contributed by atoms with van der Waals surface area (Å²) in [6.07, 6.45) is -0.679. The molecule has 0 saturated carbocycles. The minimum atomic E-state index is -1.31. The van der Waals surface area contributed by atoms with Crippen LogP contribution in [0.1, 0.15) is 24.8 Å². The smallest absolute Gasteiger partial charge is 0.328 e. The van der Waals surface area contributed by atoms with E-state index in [1.165, 1.54) is 6.92 Å². The Morgan fingerprint density at radius 3 is 2.75 bits per heavy atom. The molecule has 1 aliphatic rings. The second-order valence-electron chi connectivity index (χ2n) is 4.79. The number of fused-ring (bicyclic) bond motifs is 1. The highest BCUT2D eigenvalue weighted by Crippen LogP contribution is 2.33. The van der Waals surface area contributed by atoms with Crippen molar-refractivity contribution in [1.82, 2.24) is 5.32 Å². The summed E-state index contributed by atoms with van der Waals surface area (Å²) in [4.78, 5) is 23.2. The van der Waals surface area contributed by atoms with Crippen LogP contribution in [0.4, 0.5) is 0 Å². The number of carboxylic acid groups (broad SMARTS) is 1. The number of aliphatic carboxylic acids is 1. The van der Waals surface area contributed by atoms with Crippen molar-refractivity contribution in [3.8, 4) is 5.75 Å². The number of carbonyl (C=O) groups excluding carboxylic acids is 1. The van der Waals surface area contributed by atoms with Crippen molar-refractivity contribution < 1.29 is 24.5 Å². The Balaban J connectivity index is 2.16. The van der Waals surface area contributed by atoms with E-state index in [9.17, 15) is 14.7 Å². The number of para-hydroxylation sites is 1. The maximum absolute atomic E-state index is 12.2. The Bertz CT molecular complexity index is 514. The molecule has 108 valence electrons. The molecule has 6 heteroatoms. The molecule has 0 aliphatic carbocycles. The van der Waals surface area contributed by atoms with Crippen molar-refractivity contribution in [2.45, 2.75) is 31.4 Å². The van der Waals surface area contributed by atoms with Gasteiger partial charge in [0.2, 0.25) is 5.91 Å². The van der Waals surface area contributed by atoms with Crippen LogP contribution in [0.3, 0.4) is 0 Å². The van der Waals surface area contributed by atoms with Crippen molar-refractivity contribution in [2.24, 2.45) is 0 Å². The molecule has 3 atom stereocenters. The highest BCUT2D eigenvalue weighted by atomic mass is 16.5. The Hall–Kier alpha value is -2.08. The van der Waals surface area contributed by atoms with E-state index in [1.54, 1.807) is 18.2 Å². The third kappa shape index (κ3) is 2.91. The summed E-state index contributed by atoms with van der Waals surface area (Å²) in [5, 5.41) is 20.8. The number of carbonyl (C=O) groups is 2. The second-order valence-corrected chi connectivity index (χ2v) is 4.79. The van der Waals surface area contributed by atoms with Crippen LogP contribution in [-0.4, -0.2) is 40.8 Å². The van der Waals surface area contributed by atoms with Crippen molar-refractivity contribution in [3.63, 3.8) is 0 Å². The van der Waals surface area contributed by atoms with Gasteiger partial charge < -0.3 is 20.3 Å². The lowest BCUT2D eigenvalue weighted by Crippen LogP contribution is -2.49. The van der Waals surface area contributed by atoms with E-state index in [0.29, 0.717) is 18.8 Å². The lowest BCUT2D eigenvalue weighted by atomic mass is 9.92. The van der Waals surface area contributed by atoms with Gasteiger partial charge in [0.15, 0.2) is 6.04 Å². The summed E-state index contributed by atoms with van der Waals surface area (Å²) in [6, 6.07) is 5.87. The first kappa shape index (κ1) is 14.3. The van der Waals surface area contributed by atoms with Crippen LogP contribution in [0, 0.1) is 0 Å². The molecule has 1 aromatic carbocycles. The van der Waals surface area contributed by atoms with Gasteiger partial charge in [-0.1, -0.05) is 18.2 Å². The summed E-state index contributed by atoms with van der Waals surface area (Å²) in [5.74, 6) is -1.48. The number of rotatable bonds is 4. The van der Waals surface area contributed by atoms with Crippen LogP contribution in [0.25, 0.3) is 0 Å². The van der Waals surface area contributed by atoms with Gasteiger partial charge in [-0.3, -0.25) is 4.79 Å². The molecule has 0 saturated heterocycles. The SMILES string of the molecule is CC(O)C(NC(=O)C1CCOc2ccccc21)C(=O)O. The summed E-state index contributed by atoms with van der Waals surface area (Å²) in [6.45, 7) is 1.73. The maximum atomic E-state index is 12.2. The predicted octanol–water partition coefficient (Wildman–Crippen LogP) is 0.503. The quantitative estimate of drug-likeness (QED) is 0.746. The maximum Gasteiger partial charge on any atom is 0.328 e. The van der Waals surface area contributed by atoms with E-state index in [2.05, 4.69) is 5.32 Å². The molecule has 0 spiro atoms. The van der Waals surface area contributed by atoms with Crippen LogP contribution in [0.2, 0.25) is 0 Å². The first-order chi connectivity index (χ1) is 9.50. The van der Waals surface area contributed by atoms with Crippen LogP contribution >= 0.6 is 0 Å². The number of hydrogen-bond donors (Lipinski definition) is 3. The van der Waals surface area contributed by atoms with Crippen LogP contribution < -0.4 is 10.1 Å². The predicted molar refractivity (Wildman–Crippen MR) is 70.5 cm³/mol. The largest absolute Gasteiger partial charge is 0.493 e. The van der Waals surface area contributed by atoms with Gasteiger partial charge in [0, 0.05) is 5.56 Å². The Labute approximate surface area is 116 Å². The average Bonchev–Trinajstić information content (AvgIpc) is 2.43. The highest BCUT2D eigenvalue weighted by Gasteiger charge is 2.32. The Morgan fingerprint density at radius 1 is 1.40 bits per heavy atom. The Morgan fingerprint density at radius 2 is 2.10 bits per heavy atom. The summed E-state index contributed by atoms with van der Waals surface area (Å²) in [5.41, 5.74) is 0.742. The molecule has 1 aliphatic heterocycles. The van der Waals surface area contributed by atoms with Crippen LogP contribution in [0.15, 0.2) is 24.3 Å². The van der Waals surface area contributed by atoms with Crippen molar-refractivity contribution in [2.75, 3.05) is 6.61 Å². The summed E-state index contributed by atoms with van der Waals surface area (Å²) < 4.78 is 5.46. The van der Waals surface area contributed by atoms with Gasteiger partial charge in [0.1, 0.15) is 5.75 Å². The minimum absolute atomic E-state index is 0.404. The van der Waals surface area contributed by atoms with Gasteiger partial charge >= 0.3 is 5.97 Å². The number of ether oxygens (including phenoxy) is 1. The molecule has 0 aromatic heterocycles. The Kier molecular flexibility index (Phi) is 4.24. The van der Waals surface area contributed by atoms with E-state index in [4.69, 9.17) is 9.84 Å². The van der Waals surface area contributed by atoms with Gasteiger partial charge in [-0.05, 0) is 19.4 Å². The first-order valence-electron chi connectivity index (χ1n) is 6.43. The molecule has 2 rings (SSSR count). The van der Waals surface area contributed by atoms with E-state index in [0.717, 1.165) is 5.56 Å². The third-order valence-electron chi connectivity index (χ3n) is 3.32. The van der Waals surface area contributed by atoms with E-state index >= 15 is 0 Å². The topological polar surface area (TPSA) is 95.9 Å². The van der Waals surface area contributed by atoms with Gasteiger partial charge in [-0.15, -0.1) is 0 Å². The molecule has 1 heterocycles. The standard InChI is InChI=1S/C14H17NO5/c1-8(16)12(14(18)19)15-13(17)10-6-7-20-11-5-3-2-4-9(10)11/h2-5,8,10,12,16H,6-7H2,1H3,(H,15,17)(H,18,19). The molecule has 6 nitrogen and oxygen atoms in total. The molecule has 3 unspecified atom stereocenters. The fraction of sp³-hybridized carbons (Fsp3) is 0.429. The minimum Gasteiger partial charge on any atom is -0.493 e. The van der Waals surface area contributed by atoms with Gasteiger partial charge in [-0.25, -0.2) is 4.79 Å². The molecular formula is C14H17NO5. The average molecular weight is 279 g/mol. The normalized spacial score (nSPS) is 20.2. The monoisotopic (exact) mass is 279 g/mol. The number of nitrogens with one attached hydrogen (secondary N) is 1. The van der Waals surface area contributed by atoms with Crippen molar-refractivity contribution >= 4 is 11.9 Å². The molecular weight excluding hydrogens is 262 g/mol. The number of hydrogen-bond acceptors (Lipinski definition) is 4. The van der Waals surface area contributed by atoms with E-state index < -0.39 is 29.9 Å². The van der Waals surface area contributed by atoms with Gasteiger partial charge in [-0.2, -0.15) is 0 Å². The molecule has 0 radical (unpaired) electrons. The van der Waals surface area contributed by atoms with Gasteiger partial charge in [0.05, 0.1) is 18.6 Å². The number of carboxylic acids is 1. The number of benzene rings is 1. The zero-order valence-corrected chi connectivity index (χ0v) is 11.1. The van der Waals surface area contributed by atoms with Crippen LogP contribution in [0.5, 0.6) is 5.75 Å². The summed E-state index contributed by atoms with van der Waals surface area (Å²) >= 11 is 0. The molecule has 3 N–H and O–H groups in total. The number of amides is 1. The number of aliphatic hydroxyl groups is 1. The second kappa shape index (κ2) is 5.92. The lowest BCUT2D eigenvalue weighted by molar-refractivity contribution is -0.145. The third-order valence-corrected chi connectivity index (χ3v) is 3.32. The molecule has 1 aromatic rings.